The van der Waals surface area contributed by atoms with Crippen LogP contribution < -0.4 is 22.9 Å². The number of halogens is 3. The molecule has 3 N–H and O–H groups in total. The Kier molecular flexibility index (Phi) is 7.30. The first-order valence-electron chi connectivity index (χ1n) is 9.74. The van der Waals surface area contributed by atoms with E-state index < -0.39 is 6.10 Å². The van der Waals surface area contributed by atoms with Gasteiger partial charge in [-0.1, -0.05) is 41.4 Å². The van der Waals surface area contributed by atoms with Gasteiger partial charge in [0.05, 0.1) is 59.9 Å². The van der Waals surface area contributed by atoms with Gasteiger partial charge in [-0.25, -0.2) is 0 Å². The molecule has 4 rings (SSSR count). The van der Waals surface area contributed by atoms with Crippen LogP contribution in [0, 0.1) is 5.41 Å². The maximum absolute atomic E-state index is 10.8. The molecule has 1 atom stereocenters. The Bertz CT molecular complexity index is 1040. The molecule has 29 heavy (non-hydrogen) atoms. The van der Waals surface area contributed by atoms with Gasteiger partial charge < -0.3 is 31.5 Å². The van der Waals surface area contributed by atoms with Gasteiger partial charge in [0, 0.05) is 12.8 Å². The number of fused-ring (bicyclic) bond motifs is 1. The zero-order chi connectivity index (χ0) is 19.7. The third-order valence-corrected chi connectivity index (χ3v) is 6.40. The van der Waals surface area contributed by atoms with Gasteiger partial charge in [0.2, 0.25) is 5.62 Å². The van der Waals surface area contributed by atoms with E-state index in [0.29, 0.717) is 27.8 Å². The second kappa shape index (κ2) is 9.54. The summed E-state index contributed by atoms with van der Waals surface area (Å²) in [6.07, 6.45) is 1.82. The van der Waals surface area contributed by atoms with Crippen molar-refractivity contribution in [2.75, 3.05) is 19.6 Å². The second-order valence-electron chi connectivity index (χ2n) is 7.47. The molecule has 2 heterocycles. The molecule has 1 aliphatic heterocycles. The summed E-state index contributed by atoms with van der Waals surface area (Å²) in [7, 11) is 0. The van der Waals surface area contributed by atoms with E-state index in [1.54, 1.807) is 23.1 Å². The van der Waals surface area contributed by atoms with Crippen molar-refractivity contribution in [3.63, 3.8) is 0 Å². The zero-order valence-electron chi connectivity index (χ0n) is 16.0. The summed E-state index contributed by atoms with van der Waals surface area (Å²) in [6.45, 7) is 4.58. The smallest absolute Gasteiger partial charge is 0.203 e. The molecule has 0 spiro atoms. The summed E-state index contributed by atoms with van der Waals surface area (Å²) in [5, 5.41) is 20.4. The van der Waals surface area contributed by atoms with E-state index in [-0.39, 0.29) is 12.4 Å². The average Bonchev–Trinajstić information content (AvgIpc) is 3.30. The van der Waals surface area contributed by atoms with Crippen molar-refractivity contribution < 1.29 is 22.4 Å². The summed E-state index contributed by atoms with van der Waals surface area (Å²) in [5.74, 6) is 0. The van der Waals surface area contributed by atoms with Gasteiger partial charge in [-0.05, 0) is 29.8 Å². The fourth-order valence-electron chi connectivity index (χ4n) is 4.10. The minimum atomic E-state index is -0.771. The molecule has 2 aromatic carbocycles. The molecule has 0 aliphatic carbocycles. The number of likely N-dealkylation sites (tertiary alicyclic amines) is 1. The van der Waals surface area contributed by atoms with E-state index in [0.717, 1.165) is 24.1 Å². The molecule has 8 heteroatoms. The lowest BCUT2D eigenvalue weighted by Gasteiger charge is -2.14. The van der Waals surface area contributed by atoms with Gasteiger partial charge in [0.25, 0.3) is 0 Å². The lowest BCUT2D eigenvalue weighted by atomic mass is 10.1. The molecule has 1 saturated heterocycles. The molecule has 156 valence electrons. The number of aliphatic hydroxyl groups is 1. The second-order valence-corrected chi connectivity index (χ2v) is 8.29. The third-order valence-electron chi connectivity index (χ3n) is 5.66. The van der Waals surface area contributed by atoms with Crippen molar-refractivity contribution in [2.24, 2.45) is 0 Å². The Hall–Kier alpha value is -1.50. The largest absolute Gasteiger partial charge is 1.00 e. The van der Waals surface area contributed by atoms with E-state index >= 15 is 0 Å². The number of nitrogens with one attached hydrogen (secondary N) is 2. The summed E-state index contributed by atoms with van der Waals surface area (Å²) >= 11 is 12.1. The summed E-state index contributed by atoms with van der Waals surface area (Å²) in [6, 6.07) is 13.2. The lowest BCUT2D eigenvalue weighted by Crippen LogP contribution is -3.10. The van der Waals surface area contributed by atoms with Crippen LogP contribution >= 0.6 is 23.2 Å². The molecule has 3 aromatic rings. The third kappa shape index (κ3) is 4.65. The monoisotopic (exact) mass is 454 g/mol. The van der Waals surface area contributed by atoms with Crippen LogP contribution in [0.25, 0.3) is 11.0 Å². The van der Waals surface area contributed by atoms with Crippen LogP contribution in [-0.2, 0) is 13.1 Å². The van der Waals surface area contributed by atoms with Gasteiger partial charge in [0.15, 0.2) is 0 Å². The first-order valence-corrected chi connectivity index (χ1v) is 10.5. The van der Waals surface area contributed by atoms with Crippen molar-refractivity contribution in [2.45, 2.75) is 32.0 Å². The Morgan fingerprint density at radius 2 is 1.66 bits per heavy atom. The predicted octanol–water partition coefficient (Wildman–Crippen LogP) is -0.355. The fraction of sp³-hybridized carbons (Fsp3) is 0.381. The molecule has 0 bridgehead atoms. The lowest BCUT2D eigenvalue weighted by molar-refractivity contribution is -0.888. The van der Waals surface area contributed by atoms with Crippen LogP contribution in [0.1, 0.15) is 24.5 Å². The molecule has 0 saturated carbocycles. The number of imidazole rings is 1. The minimum absolute atomic E-state index is 0. The highest BCUT2D eigenvalue weighted by Gasteiger charge is 2.19. The molecule has 0 radical (unpaired) electrons. The van der Waals surface area contributed by atoms with Crippen LogP contribution in [0.4, 0.5) is 0 Å². The van der Waals surface area contributed by atoms with E-state index in [9.17, 15) is 5.11 Å². The molecule has 1 aromatic heterocycles. The molecule has 1 unspecified atom stereocenters. The van der Waals surface area contributed by atoms with Crippen molar-refractivity contribution in [3.8, 4) is 0 Å². The molecule has 1 aliphatic rings. The highest BCUT2D eigenvalue weighted by molar-refractivity contribution is 6.42. The quantitative estimate of drug-likeness (QED) is 0.467. The number of rotatable bonds is 6. The zero-order valence-corrected chi connectivity index (χ0v) is 18.3. The number of quaternary nitrogens is 1. The van der Waals surface area contributed by atoms with Gasteiger partial charge >= 0.3 is 0 Å². The van der Waals surface area contributed by atoms with Gasteiger partial charge in [0.1, 0.15) is 0 Å². The Morgan fingerprint density at radius 3 is 2.31 bits per heavy atom. The van der Waals surface area contributed by atoms with E-state index in [1.165, 1.54) is 25.9 Å². The minimum Gasteiger partial charge on any atom is -1.00 e. The van der Waals surface area contributed by atoms with Crippen molar-refractivity contribution in [3.05, 3.63) is 63.7 Å². The van der Waals surface area contributed by atoms with Crippen LogP contribution in [0.3, 0.4) is 0 Å². The van der Waals surface area contributed by atoms with E-state index in [4.69, 9.17) is 28.6 Å². The fourth-order valence-corrected chi connectivity index (χ4v) is 4.41. The molecule has 0 amide bonds. The van der Waals surface area contributed by atoms with Gasteiger partial charge in [-0.3, -0.25) is 5.41 Å². The van der Waals surface area contributed by atoms with Gasteiger partial charge in [-0.2, -0.15) is 0 Å². The number of nitrogens with zero attached hydrogens (tertiary/aromatic N) is 2. The molecular formula is C21H25Cl3N4O. The highest BCUT2D eigenvalue weighted by Crippen LogP contribution is 2.26. The van der Waals surface area contributed by atoms with Crippen molar-refractivity contribution in [1.29, 1.82) is 5.41 Å². The molecular weight excluding hydrogens is 431 g/mol. The van der Waals surface area contributed by atoms with Crippen LogP contribution in [0.5, 0.6) is 0 Å². The van der Waals surface area contributed by atoms with E-state index in [1.807, 2.05) is 22.8 Å². The summed E-state index contributed by atoms with van der Waals surface area (Å²) < 4.78 is 3.93. The number of aromatic nitrogens is 2. The van der Waals surface area contributed by atoms with Crippen molar-refractivity contribution in [1.82, 2.24) is 9.13 Å². The predicted molar refractivity (Wildman–Crippen MR) is 112 cm³/mol. The first kappa shape index (κ1) is 22.2. The maximum atomic E-state index is 10.8. The Morgan fingerprint density at radius 1 is 1.00 bits per heavy atom. The molecule has 1 fully saturated rings. The maximum Gasteiger partial charge on any atom is 0.203 e. The summed E-state index contributed by atoms with van der Waals surface area (Å²) in [5.41, 5.74) is 3.11. The van der Waals surface area contributed by atoms with E-state index in [2.05, 4.69) is 10.6 Å². The summed E-state index contributed by atoms with van der Waals surface area (Å²) in [4.78, 5) is 1.61. The van der Waals surface area contributed by atoms with Crippen LogP contribution in [-0.4, -0.2) is 33.9 Å². The number of hydrogen-bond acceptors (Lipinski definition) is 2. The normalized spacial score (nSPS) is 15.6. The topological polar surface area (TPSA) is 58.4 Å². The number of para-hydroxylation sites is 2. The number of hydrogen-bond donors (Lipinski definition) is 3. The van der Waals surface area contributed by atoms with Gasteiger partial charge in [-0.15, -0.1) is 0 Å². The highest BCUT2D eigenvalue weighted by atomic mass is 35.5. The number of benzene rings is 2. The number of aliphatic hydroxyl groups excluding tert-OH is 1. The van der Waals surface area contributed by atoms with Crippen molar-refractivity contribution >= 4 is 34.2 Å². The SMILES string of the molecule is N=c1n(CC[NH+]2CCCC2)c2ccccc2n1CC(O)c1ccc(Cl)c(Cl)c1.[Cl-]. The standard InChI is InChI=1S/C21H24Cl2N4O.ClH/c22-16-8-7-15(13-17(16)23)20(28)14-27-19-6-2-1-5-18(19)26(21(27)24)12-11-25-9-3-4-10-25;/h1-2,5-8,13,20,24,28H,3-4,9-12,14H2;1H. The van der Waals surface area contributed by atoms with Crippen LogP contribution in [0.15, 0.2) is 42.5 Å². The molecule has 5 nitrogen and oxygen atoms in total. The Balaban J connectivity index is 0.00000240. The first-order chi connectivity index (χ1) is 13.5. The Labute approximate surface area is 186 Å². The average molecular weight is 456 g/mol. The van der Waals surface area contributed by atoms with Crippen LogP contribution in [0.2, 0.25) is 10.0 Å².